The minimum Gasteiger partial charge on any atom is -0.393 e. The van der Waals surface area contributed by atoms with Gasteiger partial charge in [0, 0.05) is 16.7 Å². The van der Waals surface area contributed by atoms with Crippen LogP contribution in [0.3, 0.4) is 0 Å². The lowest BCUT2D eigenvalue weighted by molar-refractivity contribution is 0.139. The number of aliphatic hydroxyl groups excluding tert-OH is 1. The van der Waals surface area contributed by atoms with E-state index in [9.17, 15) is 5.11 Å². The molecule has 5 rings (SSSR count). The number of hydrogen-bond acceptors (Lipinski definition) is 4. The molecule has 27 heavy (non-hydrogen) atoms. The van der Waals surface area contributed by atoms with Crippen molar-refractivity contribution in [3.63, 3.8) is 0 Å². The molecular formula is C21H23BrN4O. The third-order valence-electron chi connectivity index (χ3n) is 6.24. The zero-order valence-corrected chi connectivity index (χ0v) is 16.9. The highest BCUT2D eigenvalue weighted by Crippen LogP contribution is 2.40. The molecule has 1 aromatic carbocycles. The minimum atomic E-state index is -0.222. The average molecular weight is 427 g/mol. The number of anilines is 1. The molecule has 2 aliphatic rings. The lowest BCUT2D eigenvalue weighted by Gasteiger charge is -2.16. The SMILES string of the molecule is C[C@H]1C[C@@H](n2ccc3c(N[C@H]4CCc5c(Br)cccc54)ncnc32)C[C@@H]1O. The summed E-state index contributed by atoms with van der Waals surface area (Å²) < 4.78 is 3.41. The Hall–Kier alpha value is -1.92. The fourth-order valence-corrected chi connectivity index (χ4v) is 5.31. The molecule has 0 amide bonds. The van der Waals surface area contributed by atoms with E-state index in [0.29, 0.717) is 12.0 Å². The number of benzene rings is 1. The van der Waals surface area contributed by atoms with Gasteiger partial charge < -0.3 is 15.0 Å². The van der Waals surface area contributed by atoms with Crippen molar-refractivity contribution in [2.24, 2.45) is 5.92 Å². The number of aromatic nitrogens is 3. The van der Waals surface area contributed by atoms with Crippen molar-refractivity contribution < 1.29 is 5.11 Å². The molecule has 0 saturated heterocycles. The van der Waals surface area contributed by atoms with Crippen LogP contribution >= 0.6 is 15.9 Å². The summed E-state index contributed by atoms with van der Waals surface area (Å²) in [5.41, 5.74) is 3.70. The molecular weight excluding hydrogens is 404 g/mol. The Morgan fingerprint density at radius 1 is 1.22 bits per heavy atom. The van der Waals surface area contributed by atoms with E-state index in [0.717, 1.165) is 42.5 Å². The Kier molecular flexibility index (Phi) is 4.20. The predicted octanol–water partition coefficient (Wildman–Crippen LogP) is 4.63. The van der Waals surface area contributed by atoms with Crippen LogP contribution in [-0.2, 0) is 6.42 Å². The molecule has 0 bridgehead atoms. The summed E-state index contributed by atoms with van der Waals surface area (Å²) in [4.78, 5) is 9.09. The van der Waals surface area contributed by atoms with E-state index in [1.165, 1.54) is 15.6 Å². The maximum Gasteiger partial charge on any atom is 0.145 e. The van der Waals surface area contributed by atoms with E-state index in [2.05, 4.69) is 73.2 Å². The summed E-state index contributed by atoms with van der Waals surface area (Å²) in [5.74, 6) is 1.23. The highest BCUT2D eigenvalue weighted by Gasteiger charge is 2.32. The maximum atomic E-state index is 10.1. The van der Waals surface area contributed by atoms with Crippen LogP contribution in [0.25, 0.3) is 11.0 Å². The van der Waals surface area contributed by atoms with Gasteiger partial charge >= 0.3 is 0 Å². The zero-order chi connectivity index (χ0) is 18.5. The summed E-state index contributed by atoms with van der Waals surface area (Å²) in [6.07, 6.45) is 7.44. The molecule has 2 N–H and O–H groups in total. The zero-order valence-electron chi connectivity index (χ0n) is 15.3. The smallest absolute Gasteiger partial charge is 0.145 e. The lowest BCUT2D eigenvalue weighted by atomic mass is 10.1. The molecule has 4 atom stereocenters. The molecule has 140 valence electrons. The Morgan fingerprint density at radius 3 is 2.93 bits per heavy atom. The summed E-state index contributed by atoms with van der Waals surface area (Å²) in [7, 11) is 0. The predicted molar refractivity (Wildman–Crippen MR) is 110 cm³/mol. The number of aliphatic hydroxyl groups is 1. The van der Waals surface area contributed by atoms with Gasteiger partial charge in [-0.1, -0.05) is 35.0 Å². The number of hydrogen-bond donors (Lipinski definition) is 2. The second kappa shape index (κ2) is 6.60. The van der Waals surface area contributed by atoms with Crippen molar-refractivity contribution in [3.8, 4) is 0 Å². The van der Waals surface area contributed by atoms with Gasteiger partial charge in [-0.25, -0.2) is 9.97 Å². The van der Waals surface area contributed by atoms with Crippen molar-refractivity contribution in [1.29, 1.82) is 0 Å². The molecule has 0 aliphatic heterocycles. The lowest BCUT2D eigenvalue weighted by Crippen LogP contribution is -2.10. The Bertz CT molecular complexity index is 991. The van der Waals surface area contributed by atoms with Crippen molar-refractivity contribution in [2.45, 2.75) is 50.8 Å². The van der Waals surface area contributed by atoms with Crippen molar-refractivity contribution in [3.05, 3.63) is 52.4 Å². The molecule has 2 aliphatic carbocycles. The topological polar surface area (TPSA) is 63.0 Å². The van der Waals surface area contributed by atoms with Gasteiger partial charge in [-0.3, -0.25) is 0 Å². The third-order valence-corrected chi connectivity index (χ3v) is 6.98. The standard InChI is InChI=1S/C21H23BrN4O/c1-12-9-13(10-19(12)27)26-8-7-16-20(23-11-24-21(16)26)25-18-6-5-14-15(18)3-2-4-17(14)22/h2-4,7-8,11-13,18-19,27H,5-6,9-10H2,1H3,(H,23,24,25)/t12-,13+,18-,19-/m0/s1. The van der Waals surface area contributed by atoms with Crippen LogP contribution in [0, 0.1) is 5.92 Å². The molecule has 0 radical (unpaired) electrons. The van der Waals surface area contributed by atoms with Crippen molar-refractivity contribution >= 4 is 32.8 Å². The van der Waals surface area contributed by atoms with Crippen LogP contribution < -0.4 is 5.32 Å². The normalized spacial score (nSPS) is 27.2. The molecule has 0 spiro atoms. The van der Waals surface area contributed by atoms with Gasteiger partial charge in [-0.2, -0.15) is 0 Å². The van der Waals surface area contributed by atoms with Crippen molar-refractivity contribution in [2.75, 3.05) is 5.32 Å². The van der Waals surface area contributed by atoms with E-state index >= 15 is 0 Å². The van der Waals surface area contributed by atoms with E-state index < -0.39 is 0 Å². The monoisotopic (exact) mass is 426 g/mol. The molecule has 1 fully saturated rings. The summed E-state index contributed by atoms with van der Waals surface area (Å²) in [6.45, 7) is 2.12. The third kappa shape index (κ3) is 2.86. The van der Waals surface area contributed by atoms with E-state index in [1.54, 1.807) is 6.33 Å². The summed E-state index contributed by atoms with van der Waals surface area (Å²) in [6, 6.07) is 9.09. The molecule has 1 saturated carbocycles. The number of nitrogens with one attached hydrogen (secondary N) is 1. The first-order valence-electron chi connectivity index (χ1n) is 9.65. The first-order chi connectivity index (χ1) is 13.1. The van der Waals surface area contributed by atoms with Gasteiger partial charge in [0.05, 0.1) is 17.5 Å². The van der Waals surface area contributed by atoms with E-state index in [4.69, 9.17) is 0 Å². The van der Waals surface area contributed by atoms with Gasteiger partial charge in [-0.05, 0) is 54.9 Å². The van der Waals surface area contributed by atoms with Gasteiger partial charge in [-0.15, -0.1) is 0 Å². The van der Waals surface area contributed by atoms with Crippen LogP contribution in [0.4, 0.5) is 5.82 Å². The van der Waals surface area contributed by atoms with Crippen LogP contribution in [0.5, 0.6) is 0 Å². The first-order valence-corrected chi connectivity index (χ1v) is 10.4. The van der Waals surface area contributed by atoms with Gasteiger partial charge in [0.15, 0.2) is 0 Å². The van der Waals surface area contributed by atoms with Gasteiger partial charge in [0.1, 0.15) is 17.8 Å². The largest absolute Gasteiger partial charge is 0.393 e. The quantitative estimate of drug-likeness (QED) is 0.640. The Balaban J connectivity index is 1.47. The fourth-order valence-electron chi connectivity index (χ4n) is 4.73. The van der Waals surface area contributed by atoms with Gasteiger partial charge in [0.2, 0.25) is 0 Å². The minimum absolute atomic E-state index is 0.222. The number of fused-ring (bicyclic) bond motifs is 2. The summed E-state index contributed by atoms with van der Waals surface area (Å²) >= 11 is 3.67. The highest BCUT2D eigenvalue weighted by molar-refractivity contribution is 9.10. The van der Waals surface area contributed by atoms with E-state index in [1.807, 2.05) is 0 Å². The highest BCUT2D eigenvalue weighted by atomic mass is 79.9. The molecule has 6 heteroatoms. The number of halogens is 1. The second-order valence-electron chi connectivity index (χ2n) is 7.90. The fraction of sp³-hybridized carbons (Fsp3) is 0.429. The first kappa shape index (κ1) is 17.2. The number of nitrogens with zero attached hydrogens (tertiary/aromatic N) is 3. The van der Waals surface area contributed by atoms with Gasteiger partial charge in [0.25, 0.3) is 0 Å². The molecule has 5 nitrogen and oxygen atoms in total. The van der Waals surface area contributed by atoms with Crippen LogP contribution in [0.15, 0.2) is 41.3 Å². The van der Waals surface area contributed by atoms with E-state index in [-0.39, 0.29) is 12.1 Å². The van der Waals surface area contributed by atoms with Crippen molar-refractivity contribution in [1.82, 2.24) is 14.5 Å². The maximum absolute atomic E-state index is 10.1. The second-order valence-corrected chi connectivity index (χ2v) is 8.75. The van der Waals surface area contributed by atoms with Crippen LogP contribution in [-0.4, -0.2) is 25.7 Å². The molecule has 0 unspecified atom stereocenters. The summed E-state index contributed by atoms with van der Waals surface area (Å²) in [5, 5.41) is 14.8. The molecule has 2 heterocycles. The number of rotatable bonds is 3. The van der Waals surface area contributed by atoms with Crippen LogP contribution in [0.1, 0.15) is 49.4 Å². The molecule has 3 aromatic rings. The Labute approximate surface area is 167 Å². The molecule has 2 aromatic heterocycles. The Morgan fingerprint density at radius 2 is 2.11 bits per heavy atom. The average Bonchev–Trinajstić information content (AvgIpc) is 3.34. The van der Waals surface area contributed by atoms with Crippen LogP contribution in [0.2, 0.25) is 0 Å².